The Kier molecular flexibility index (Phi) is 6.18. The van der Waals surface area contributed by atoms with Crippen LogP contribution >= 0.6 is 11.3 Å². The summed E-state index contributed by atoms with van der Waals surface area (Å²) in [6, 6.07) is 0.130. The number of nitrogens with zero attached hydrogens (tertiary/aromatic N) is 3. The fourth-order valence-electron chi connectivity index (χ4n) is 2.96. The maximum atomic E-state index is 12.5. The van der Waals surface area contributed by atoms with Crippen molar-refractivity contribution < 1.29 is 4.79 Å². The Morgan fingerprint density at radius 3 is 2.81 bits per heavy atom. The minimum atomic E-state index is 0.130. The molecule has 2 rings (SSSR count). The van der Waals surface area contributed by atoms with E-state index in [2.05, 4.69) is 23.7 Å². The molecule has 1 saturated heterocycles. The predicted molar refractivity (Wildman–Crippen MR) is 87.4 cm³/mol. The van der Waals surface area contributed by atoms with E-state index in [1.165, 1.54) is 13.0 Å². The number of hydrogen-bond acceptors (Lipinski definition) is 4. The number of thiazole rings is 1. The van der Waals surface area contributed by atoms with Crippen molar-refractivity contribution in [2.24, 2.45) is 5.92 Å². The number of carbonyl (C=O) groups is 1. The topological polar surface area (TPSA) is 36.4 Å². The zero-order valence-corrected chi connectivity index (χ0v) is 14.2. The Labute approximate surface area is 132 Å². The fraction of sp³-hybridized carbons (Fsp3) is 0.750. The lowest BCUT2D eigenvalue weighted by molar-refractivity contribution is -0.133. The van der Waals surface area contributed by atoms with Crippen molar-refractivity contribution in [3.63, 3.8) is 0 Å². The Hall–Kier alpha value is -0.940. The molecule has 0 aliphatic carbocycles. The van der Waals surface area contributed by atoms with Gasteiger partial charge in [0.15, 0.2) is 0 Å². The van der Waals surface area contributed by atoms with Crippen LogP contribution in [0.5, 0.6) is 0 Å². The third-order valence-electron chi connectivity index (χ3n) is 4.55. The van der Waals surface area contributed by atoms with Crippen molar-refractivity contribution in [3.8, 4) is 0 Å². The van der Waals surface area contributed by atoms with Gasteiger partial charge in [-0.1, -0.05) is 6.92 Å². The third kappa shape index (κ3) is 4.51. The van der Waals surface area contributed by atoms with Crippen molar-refractivity contribution >= 4 is 17.2 Å². The van der Waals surface area contributed by atoms with Crippen molar-refractivity contribution in [1.82, 2.24) is 14.8 Å². The van der Waals surface area contributed by atoms with Crippen LogP contribution in [0.15, 0.2) is 11.7 Å². The molecular weight excluding hydrogens is 282 g/mol. The number of amides is 1. The van der Waals surface area contributed by atoms with Crippen LogP contribution in [0.4, 0.5) is 0 Å². The van der Waals surface area contributed by atoms with Gasteiger partial charge in [0.25, 0.3) is 0 Å². The molecule has 2 heterocycles. The van der Waals surface area contributed by atoms with Crippen LogP contribution in [0.1, 0.15) is 50.4 Å². The maximum absolute atomic E-state index is 12.5. The van der Waals surface area contributed by atoms with E-state index in [0.29, 0.717) is 12.3 Å². The molecule has 1 aliphatic heterocycles. The maximum Gasteiger partial charge on any atom is 0.223 e. The molecule has 0 N–H and O–H groups in total. The van der Waals surface area contributed by atoms with Gasteiger partial charge in [-0.15, -0.1) is 11.3 Å². The molecule has 0 radical (unpaired) electrons. The SMILES string of the molecule is CCCN1CCC(CC(=O)N(C)[C@H](C)c2cncs2)CC1. The van der Waals surface area contributed by atoms with Crippen LogP contribution in [-0.4, -0.2) is 47.4 Å². The van der Waals surface area contributed by atoms with E-state index in [-0.39, 0.29) is 11.9 Å². The molecule has 1 aliphatic rings. The lowest BCUT2D eigenvalue weighted by atomic mass is 9.92. The Bertz CT molecular complexity index is 427. The molecule has 0 spiro atoms. The standard InChI is InChI=1S/C16H27N3OS/c1-4-7-19-8-5-14(6-9-19)10-16(20)18(3)13(2)15-11-17-12-21-15/h11-14H,4-10H2,1-3H3/t13-/m1/s1. The summed E-state index contributed by atoms with van der Waals surface area (Å²) in [5.74, 6) is 0.826. The van der Waals surface area contributed by atoms with Gasteiger partial charge in [-0.25, -0.2) is 0 Å². The molecule has 0 saturated carbocycles. The van der Waals surface area contributed by atoms with Crippen LogP contribution in [-0.2, 0) is 4.79 Å². The fourth-order valence-corrected chi connectivity index (χ4v) is 3.68. The van der Waals surface area contributed by atoms with Crippen LogP contribution in [0.2, 0.25) is 0 Å². The molecule has 1 aromatic rings. The van der Waals surface area contributed by atoms with Gasteiger partial charge in [0.1, 0.15) is 0 Å². The highest BCUT2D eigenvalue weighted by Gasteiger charge is 2.24. The van der Waals surface area contributed by atoms with Crippen LogP contribution in [0.25, 0.3) is 0 Å². The average molecular weight is 309 g/mol. The highest BCUT2D eigenvalue weighted by Crippen LogP contribution is 2.26. The smallest absolute Gasteiger partial charge is 0.223 e. The molecule has 0 aromatic carbocycles. The molecule has 1 fully saturated rings. The Morgan fingerprint density at radius 2 is 2.24 bits per heavy atom. The van der Waals surface area contributed by atoms with E-state index >= 15 is 0 Å². The summed E-state index contributed by atoms with van der Waals surface area (Å²) in [6.45, 7) is 7.81. The van der Waals surface area contributed by atoms with Gasteiger partial charge in [0, 0.05) is 24.5 Å². The molecule has 0 bridgehead atoms. The Balaban J connectivity index is 1.79. The summed E-state index contributed by atoms with van der Waals surface area (Å²) in [7, 11) is 1.92. The van der Waals surface area contributed by atoms with Gasteiger partial charge in [-0.3, -0.25) is 9.78 Å². The first kappa shape index (κ1) is 16.4. The summed E-state index contributed by atoms with van der Waals surface area (Å²) in [5, 5.41) is 0. The molecule has 118 valence electrons. The van der Waals surface area contributed by atoms with Gasteiger partial charge < -0.3 is 9.80 Å². The largest absolute Gasteiger partial charge is 0.338 e. The highest BCUT2D eigenvalue weighted by molar-refractivity contribution is 7.09. The van der Waals surface area contributed by atoms with Crippen LogP contribution in [0.3, 0.4) is 0 Å². The molecule has 5 heteroatoms. The molecule has 1 aromatic heterocycles. The number of rotatable bonds is 6. The zero-order valence-electron chi connectivity index (χ0n) is 13.4. The monoisotopic (exact) mass is 309 g/mol. The summed E-state index contributed by atoms with van der Waals surface area (Å²) in [4.78, 5) is 22.1. The molecule has 4 nitrogen and oxygen atoms in total. The van der Waals surface area contributed by atoms with E-state index in [4.69, 9.17) is 0 Å². The van der Waals surface area contributed by atoms with Gasteiger partial charge in [-0.2, -0.15) is 0 Å². The summed E-state index contributed by atoms with van der Waals surface area (Å²) in [6.07, 6.45) is 6.10. The predicted octanol–water partition coefficient (Wildman–Crippen LogP) is 3.17. The third-order valence-corrected chi connectivity index (χ3v) is 5.49. The van der Waals surface area contributed by atoms with Gasteiger partial charge in [0.05, 0.1) is 11.6 Å². The number of piperidine rings is 1. The summed E-state index contributed by atoms with van der Waals surface area (Å²) < 4.78 is 0. The van der Waals surface area contributed by atoms with E-state index in [1.807, 2.05) is 23.7 Å². The normalized spacial score (nSPS) is 18.6. The van der Waals surface area contributed by atoms with E-state index in [0.717, 1.165) is 30.8 Å². The lowest BCUT2D eigenvalue weighted by Crippen LogP contribution is -2.37. The van der Waals surface area contributed by atoms with Crippen molar-refractivity contribution in [2.45, 2.75) is 45.6 Å². The van der Waals surface area contributed by atoms with Crippen molar-refractivity contribution in [1.29, 1.82) is 0 Å². The molecule has 21 heavy (non-hydrogen) atoms. The lowest BCUT2D eigenvalue weighted by Gasteiger charge is -2.33. The minimum absolute atomic E-state index is 0.130. The number of likely N-dealkylation sites (tertiary alicyclic amines) is 1. The molecule has 1 amide bonds. The van der Waals surface area contributed by atoms with Crippen LogP contribution < -0.4 is 0 Å². The first-order chi connectivity index (χ1) is 10.1. The zero-order chi connectivity index (χ0) is 15.2. The first-order valence-electron chi connectivity index (χ1n) is 7.98. The number of carbonyl (C=O) groups excluding carboxylic acids is 1. The molecular formula is C16H27N3OS. The summed E-state index contributed by atoms with van der Waals surface area (Å²) in [5.41, 5.74) is 1.83. The quantitative estimate of drug-likeness (QED) is 0.810. The second kappa shape index (κ2) is 7.90. The first-order valence-corrected chi connectivity index (χ1v) is 8.86. The Morgan fingerprint density at radius 1 is 1.52 bits per heavy atom. The number of aromatic nitrogens is 1. The number of hydrogen-bond donors (Lipinski definition) is 0. The van der Waals surface area contributed by atoms with E-state index < -0.39 is 0 Å². The average Bonchev–Trinajstić information content (AvgIpc) is 3.02. The van der Waals surface area contributed by atoms with Gasteiger partial charge >= 0.3 is 0 Å². The van der Waals surface area contributed by atoms with Crippen molar-refractivity contribution in [3.05, 3.63) is 16.6 Å². The second-order valence-corrected chi connectivity index (χ2v) is 6.99. The van der Waals surface area contributed by atoms with Gasteiger partial charge in [0.2, 0.25) is 5.91 Å². The highest BCUT2D eigenvalue weighted by atomic mass is 32.1. The second-order valence-electron chi connectivity index (χ2n) is 6.07. The van der Waals surface area contributed by atoms with E-state index in [1.54, 1.807) is 11.3 Å². The van der Waals surface area contributed by atoms with Gasteiger partial charge in [-0.05, 0) is 51.7 Å². The summed E-state index contributed by atoms with van der Waals surface area (Å²) >= 11 is 1.62. The molecule has 1 atom stereocenters. The van der Waals surface area contributed by atoms with E-state index in [9.17, 15) is 4.79 Å². The minimum Gasteiger partial charge on any atom is -0.338 e. The van der Waals surface area contributed by atoms with Crippen molar-refractivity contribution in [2.75, 3.05) is 26.7 Å². The molecule has 0 unspecified atom stereocenters. The van der Waals surface area contributed by atoms with Crippen LogP contribution in [0, 0.1) is 5.92 Å².